The molecule has 0 aromatic heterocycles. The average molecular weight is 1410 g/mol. The van der Waals surface area contributed by atoms with E-state index in [2.05, 4.69) is 76.1 Å². The van der Waals surface area contributed by atoms with Gasteiger partial charge in [-0.2, -0.15) is 12.6 Å². The van der Waals surface area contributed by atoms with Crippen LogP contribution in [0.3, 0.4) is 0 Å². The summed E-state index contributed by atoms with van der Waals surface area (Å²) < 4.78 is 0. The molecule has 14 amide bonds. The molecule has 0 bridgehead atoms. The number of benzene rings is 2. The van der Waals surface area contributed by atoms with E-state index in [9.17, 15) is 92.3 Å². The van der Waals surface area contributed by atoms with Crippen LogP contribution >= 0.6 is 12.6 Å². The number of carboxylic acids is 1. The van der Waals surface area contributed by atoms with Gasteiger partial charge in [-0.05, 0) is 86.3 Å². The molecule has 2 aromatic rings. The molecule has 0 unspecified atom stereocenters. The Kier molecular flexibility index (Phi) is 34.4. The number of hydrogen-bond acceptors (Lipinski definition) is 20. The number of thiol groups is 1. The van der Waals surface area contributed by atoms with Crippen LogP contribution in [0.2, 0.25) is 0 Å². The van der Waals surface area contributed by atoms with Gasteiger partial charge in [0.15, 0.2) is 5.96 Å². The molecule has 1 aliphatic heterocycles. The lowest BCUT2D eigenvalue weighted by atomic mass is 9.96. The van der Waals surface area contributed by atoms with Gasteiger partial charge in [-0.3, -0.25) is 76.9 Å². The third-order valence-electron chi connectivity index (χ3n) is 15.5. The fourth-order valence-electron chi connectivity index (χ4n) is 10.1. The molecule has 1 aliphatic rings. The first kappa shape index (κ1) is 82.9. The summed E-state index contributed by atoms with van der Waals surface area (Å²) in [5.74, 6) is -16.7. The summed E-state index contributed by atoms with van der Waals surface area (Å²) in [7, 11) is 0. The number of phenolic OH excluding ortho intramolecular Hbond substituents is 2. The number of carbonyl (C=O) groups is 15. The van der Waals surface area contributed by atoms with Crippen LogP contribution in [0.25, 0.3) is 0 Å². The Morgan fingerprint density at radius 1 is 0.596 bits per heavy atom. The number of aliphatic hydroxyl groups is 1. The van der Waals surface area contributed by atoms with Gasteiger partial charge in [-0.1, -0.05) is 58.4 Å². The average Bonchev–Trinajstić information content (AvgIpc) is 1.74. The van der Waals surface area contributed by atoms with Crippen LogP contribution in [0.4, 0.5) is 0 Å². The Bertz CT molecular complexity index is 3230. The number of aliphatic imine (C=N–C) groups is 1. The van der Waals surface area contributed by atoms with Gasteiger partial charge in [0.2, 0.25) is 82.7 Å². The highest BCUT2D eigenvalue weighted by atomic mass is 32.1. The van der Waals surface area contributed by atoms with Crippen LogP contribution in [0.15, 0.2) is 53.5 Å². The van der Waals surface area contributed by atoms with Gasteiger partial charge in [0, 0.05) is 38.6 Å². The predicted octanol–water partition coefficient (Wildman–Crippen LogP) is -6.22. The predicted molar refractivity (Wildman–Crippen MR) is 357 cm³/mol. The van der Waals surface area contributed by atoms with Crippen molar-refractivity contribution in [1.82, 2.24) is 63.4 Å². The van der Waals surface area contributed by atoms with Crippen molar-refractivity contribution in [3.05, 3.63) is 59.7 Å². The number of nitrogens with one attached hydrogen (secondary N) is 11. The number of aliphatic hydroxyl groups excluding tert-OH is 1. The van der Waals surface area contributed by atoms with Crippen LogP contribution in [0.5, 0.6) is 11.5 Å². The zero-order chi connectivity index (χ0) is 74.4. The summed E-state index contributed by atoms with van der Waals surface area (Å²) in [6.45, 7) is 7.32. The van der Waals surface area contributed by atoms with Crippen molar-refractivity contribution in [3.8, 4) is 11.5 Å². The second kappa shape index (κ2) is 41.0. The number of nitrogens with zero attached hydrogens (tertiary/aromatic N) is 2. The standard InChI is InChI=1S/C62H93N17O19S/c1-7-31(4)50(61(98)79-21-9-11-46(79)60(97)77-45(29-99)59(96)75-41(24-35-14-18-37(83)19-15-35)57(94)76-44(28-80)51(64)88)78-58(95)43(26-49(86)87)71-48(85)27-68-53(90)42(25-47(63)84)73-52(89)32(5)69-54(91)38(10-8-20-67-62(65)66)72-56(93)40(23-34-12-16-36(82)17-13-34)74-55(92)39(22-30(2)3)70-33(6)81/h12-19,30-32,38-46,50,80,82-83,99H,7-11,20-29H2,1-6H3,(H2,63,84)(H2,64,88)(H,68,90)(H,69,91)(H,70,81)(H,71,85)(H,72,93)(H,73,89)(H,74,92)(H,75,96)(H,76,94)(H,77,97)(H,78,95)(H,86,87)(H4,65,66,67)/t31-,32-,38-,39-,40-,41-,42-,43-,44-,45-,46-,50-/m0/s1. The number of primary amides is 2. The van der Waals surface area contributed by atoms with E-state index in [1.54, 1.807) is 13.8 Å². The summed E-state index contributed by atoms with van der Waals surface area (Å²) in [5.41, 5.74) is 22.6. The minimum atomic E-state index is -1.92. The van der Waals surface area contributed by atoms with E-state index >= 15 is 0 Å². The molecule has 0 radical (unpaired) electrons. The number of phenols is 2. The highest BCUT2D eigenvalue weighted by Gasteiger charge is 2.42. The molecule has 0 spiro atoms. The number of amides is 14. The molecule has 0 saturated carbocycles. The highest BCUT2D eigenvalue weighted by molar-refractivity contribution is 7.80. The third kappa shape index (κ3) is 28.7. The molecular formula is C62H93N17O19S. The molecule has 2 aromatic carbocycles. The second-order valence-electron chi connectivity index (χ2n) is 24.1. The number of carboxylic acid groups (broad SMARTS) is 1. The van der Waals surface area contributed by atoms with Crippen molar-refractivity contribution < 1.29 is 92.3 Å². The highest BCUT2D eigenvalue weighted by Crippen LogP contribution is 2.23. The van der Waals surface area contributed by atoms with Gasteiger partial charge in [0.25, 0.3) is 0 Å². The molecular weight excluding hydrogens is 1320 g/mol. The first-order chi connectivity index (χ1) is 46.6. The quantitative estimate of drug-likeness (QED) is 0.0127. The Labute approximate surface area is 576 Å². The van der Waals surface area contributed by atoms with Crippen molar-refractivity contribution in [2.24, 2.45) is 39.8 Å². The molecule has 23 N–H and O–H groups in total. The molecule has 1 saturated heterocycles. The number of likely N-dealkylation sites (tertiary alicyclic amines) is 1. The Morgan fingerprint density at radius 3 is 1.58 bits per heavy atom. The first-order valence-corrected chi connectivity index (χ1v) is 32.4. The number of aromatic hydroxyl groups is 2. The molecule has 12 atom stereocenters. The number of carbonyl (C=O) groups excluding carboxylic acids is 14. The lowest BCUT2D eigenvalue weighted by Crippen LogP contribution is -2.61. The SMILES string of the molecule is CC[C@H](C)[C@H](NC(=O)[C@H](CC(=O)O)NC(=O)CNC(=O)[C@H](CC(N)=O)NC(=O)[C@H](C)NC(=O)[C@H](CCCN=C(N)N)NC(=O)[C@H](Cc1ccc(O)cc1)NC(=O)[C@H](CC(C)C)NC(C)=O)C(=O)N1CCC[C@H]1C(=O)N[C@@H](CS)C(=O)N[C@@H](Cc1ccc(O)cc1)C(=O)N[C@@H](CO)C(N)=O. The fraction of sp³-hybridized carbons (Fsp3) is 0.548. The Morgan fingerprint density at radius 2 is 1.09 bits per heavy atom. The number of nitrogens with two attached hydrogens (primary N) is 4. The van der Waals surface area contributed by atoms with E-state index in [1.165, 1.54) is 62.4 Å². The summed E-state index contributed by atoms with van der Waals surface area (Å²) in [5, 5.41) is 65.7. The molecule has 3 rings (SSSR count). The van der Waals surface area contributed by atoms with Crippen molar-refractivity contribution in [2.75, 3.05) is 32.0 Å². The fourth-order valence-corrected chi connectivity index (χ4v) is 10.3. The van der Waals surface area contributed by atoms with Gasteiger partial charge >= 0.3 is 5.97 Å². The maximum atomic E-state index is 14.5. The number of rotatable bonds is 41. The molecule has 37 heteroatoms. The van der Waals surface area contributed by atoms with Crippen LogP contribution in [0, 0.1) is 11.8 Å². The van der Waals surface area contributed by atoms with E-state index in [-0.39, 0.29) is 93.6 Å². The van der Waals surface area contributed by atoms with Crippen molar-refractivity contribution in [3.63, 3.8) is 0 Å². The van der Waals surface area contributed by atoms with E-state index in [1.807, 2.05) is 13.8 Å². The number of guanidine groups is 1. The maximum absolute atomic E-state index is 14.5. The van der Waals surface area contributed by atoms with Crippen molar-refractivity contribution in [1.29, 1.82) is 0 Å². The van der Waals surface area contributed by atoms with Crippen LogP contribution < -0.4 is 81.4 Å². The largest absolute Gasteiger partial charge is 0.508 e. The van der Waals surface area contributed by atoms with E-state index in [0.29, 0.717) is 11.1 Å². The van der Waals surface area contributed by atoms with Gasteiger partial charge in [-0.25, -0.2) is 0 Å². The number of aliphatic carboxylic acids is 1. The van der Waals surface area contributed by atoms with Gasteiger partial charge in [0.1, 0.15) is 78.0 Å². The Hall–Kier alpha value is -10.3. The molecule has 0 aliphatic carbocycles. The van der Waals surface area contributed by atoms with Gasteiger partial charge in [0.05, 0.1) is 26.0 Å². The van der Waals surface area contributed by atoms with Crippen molar-refractivity contribution >= 4 is 107 Å². The molecule has 1 heterocycles. The van der Waals surface area contributed by atoms with Crippen LogP contribution in [0.1, 0.15) is 104 Å². The van der Waals surface area contributed by atoms with Gasteiger partial charge in [-0.15, -0.1) is 0 Å². The number of hydrogen-bond donors (Lipinski definition) is 20. The second-order valence-corrected chi connectivity index (χ2v) is 24.5. The first-order valence-electron chi connectivity index (χ1n) is 31.8. The van der Waals surface area contributed by atoms with Crippen LogP contribution in [-0.4, -0.2) is 218 Å². The molecule has 99 heavy (non-hydrogen) atoms. The summed E-state index contributed by atoms with van der Waals surface area (Å²) in [4.78, 5) is 206. The summed E-state index contributed by atoms with van der Waals surface area (Å²) >= 11 is 4.23. The van der Waals surface area contributed by atoms with E-state index < -0.39 is 187 Å². The third-order valence-corrected chi connectivity index (χ3v) is 15.9. The minimum absolute atomic E-state index is 0.0264. The lowest BCUT2D eigenvalue weighted by molar-refractivity contribution is -0.144. The smallest absolute Gasteiger partial charge is 0.305 e. The zero-order valence-corrected chi connectivity index (χ0v) is 56.7. The van der Waals surface area contributed by atoms with Crippen LogP contribution in [-0.2, 0) is 84.8 Å². The normalized spacial score (nSPS) is 15.8. The summed E-state index contributed by atoms with van der Waals surface area (Å²) in [6, 6.07) is -5.10. The molecule has 36 nitrogen and oxygen atoms in total. The molecule has 1 fully saturated rings. The zero-order valence-electron chi connectivity index (χ0n) is 55.8. The van der Waals surface area contributed by atoms with Gasteiger partial charge < -0.3 is 107 Å². The summed E-state index contributed by atoms with van der Waals surface area (Å²) in [6.07, 6.45) is -1.68. The Balaban J connectivity index is 1.77. The maximum Gasteiger partial charge on any atom is 0.305 e. The molecule has 546 valence electrons. The lowest BCUT2D eigenvalue weighted by Gasteiger charge is -2.32. The van der Waals surface area contributed by atoms with E-state index in [4.69, 9.17) is 22.9 Å². The van der Waals surface area contributed by atoms with Crippen molar-refractivity contribution in [2.45, 2.75) is 172 Å². The minimum Gasteiger partial charge on any atom is -0.508 e. The topological polar surface area (TPSA) is 589 Å². The monoisotopic (exact) mass is 1410 g/mol. The van der Waals surface area contributed by atoms with E-state index in [0.717, 1.165) is 4.90 Å².